The molecule has 1 aromatic carbocycles. The largest absolute Gasteiger partial charge is 0.360 e. The van der Waals surface area contributed by atoms with Crippen LogP contribution in [0.4, 0.5) is 4.39 Å². The van der Waals surface area contributed by atoms with Crippen molar-refractivity contribution >= 4 is 5.65 Å². The average molecular weight is 362 g/mol. The lowest BCUT2D eigenvalue weighted by atomic mass is 10.0. The van der Waals surface area contributed by atoms with Crippen molar-refractivity contribution in [2.24, 2.45) is 0 Å². The second kappa shape index (κ2) is 6.32. The fourth-order valence-electron chi connectivity index (χ4n) is 3.77. The number of rotatable bonds is 3. The van der Waals surface area contributed by atoms with Crippen molar-refractivity contribution in [3.8, 4) is 11.3 Å². The number of benzene rings is 1. The molecular formula is C21H19FN4O. The zero-order valence-electron chi connectivity index (χ0n) is 15.0. The van der Waals surface area contributed by atoms with E-state index in [1.54, 1.807) is 12.1 Å². The molecule has 0 radical (unpaired) electrons. The van der Waals surface area contributed by atoms with Crippen molar-refractivity contribution in [3.05, 3.63) is 77.2 Å². The quantitative estimate of drug-likeness (QED) is 0.553. The Morgan fingerprint density at radius 1 is 1.19 bits per heavy atom. The van der Waals surface area contributed by atoms with Crippen molar-refractivity contribution < 1.29 is 8.91 Å². The first kappa shape index (κ1) is 16.2. The third-order valence-corrected chi connectivity index (χ3v) is 5.15. The normalized spacial score (nSPS) is 14.6. The number of imidazole rings is 1. The van der Waals surface area contributed by atoms with Crippen molar-refractivity contribution in [2.45, 2.75) is 26.4 Å². The van der Waals surface area contributed by atoms with Gasteiger partial charge in [0.15, 0.2) is 0 Å². The first-order valence-corrected chi connectivity index (χ1v) is 9.07. The Morgan fingerprint density at radius 2 is 2.07 bits per heavy atom. The second-order valence-corrected chi connectivity index (χ2v) is 7.03. The zero-order valence-corrected chi connectivity index (χ0v) is 15.0. The molecule has 0 saturated heterocycles. The zero-order chi connectivity index (χ0) is 18.4. The SMILES string of the molecule is Cc1cccn2cc(CN3CCc4onc(-c5ccccc5F)c4C3)nc12. The van der Waals surface area contributed by atoms with Crippen LogP contribution in [0.1, 0.15) is 22.6 Å². The maximum atomic E-state index is 14.2. The molecule has 5 rings (SSSR count). The number of aryl methyl sites for hydroxylation is 1. The Labute approximate surface area is 156 Å². The summed E-state index contributed by atoms with van der Waals surface area (Å²) < 4.78 is 21.8. The molecule has 0 bridgehead atoms. The summed E-state index contributed by atoms with van der Waals surface area (Å²) in [5.41, 5.74) is 5.25. The first-order valence-electron chi connectivity index (χ1n) is 9.07. The molecule has 0 unspecified atom stereocenters. The summed E-state index contributed by atoms with van der Waals surface area (Å²) in [6.45, 7) is 4.35. The maximum absolute atomic E-state index is 14.2. The third kappa shape index (κ3) is 2.82. The van der Waals surface area contributed by atoms with Gasteiger partial charge in [-0.15, -0.1) is 0 Å². The van der Waals surface area contributed by atoms with Crippen LogP contribution >= 0.6 is 0 Å². The summed E-state index contributed by atoms with van der Waals surface area (Å²) in [6, 6.07) is 10.8. The van der Waals surface area contributed by atoms with Crippen LogP contribution in [0.25, 0.3) is 16.9 Å². The van der Waals surface area contributed by atoms with E-state index in [0.717, 1.165) is 47.7 Å². The highest BCUT2D eigenvalue weighted by molar-refractivity contribution is 5.64. The smallest absolute Gasteiger partial charge is 0.143 e. The van der Waals surface area contributed by atoms with E-state index in [0.29, 0.717) is 17.8 Å². The van der Waals surface area contributed by atoms with E-state index in [9.17, 15) is 4.39 Å². The van der Waals surface area contributed by atoms with Gasteiger partial charge in [0.05, 0.1) is 5.69 Å². The minimum atomic E-state index is -0.276. The van der Waals surface area contributed by atoms with Gasteiger partial charge in [0.1, 0.15) is 22.9 Å². The van der Waals surface area contributed by atoms with Crippen LogP contribution in [0.15, 0.2) is 53.3 Å². The molecule has 5 nitrogen and oxygen atoms in total. The topological polar surface area (TPSA) is 46.6 Å². The van der Waals surface area contributed by atoms with E-state index < -0.39 is 0 Å². The number of nitrogens with zero attached hydrogens (tertiary/aromatic N) is 4. The predicted molar refractivity (Wildman–Crippen MR) is 99.6 cm³/mol. The van der Waals surface area contributed by atoms with E-state index in [1.807, 2.05) is 18.3 Å². The van der Waals surface area contributed by atoms with Crippen LogP contribution in [0.3, 0.4) is 0 Å². The second-order valence-electron chi connectivity index (χ2n) is 7.03. The van der Waals surface area contributed by atoms with E-state index >= 15 is 0 Å². The van der Waals surface area contributed by atoms with Crippen LogP contribution in [-0.2, 0) is 19.5 Å². The van der Waals surface area contributed by atoms with Crippen LogP contribution in [0.2, 0.25) is 0 Å². The van der Waals surface area contributed by atoms with Gasteiger partial charge in [-0.05, 0) is 30.7 Å². The standard InChI is InChI=1S/C21H19FN4O/c1-14-5-4-9-26-12-15(23-21(14)26)11-25-10-8-19-17(13-25)20(24-27-19)16-6-2-3-7-18(16)22/h2-7,9,12H,8,10-11,13H2,1H3. The molecule has 136 valence electrons. The third-order valence-electron chi connectivity index (χ3n) is 5.15. The molecule has 1 aliphatic rings. The van der Waals surface area contributed by atoms with Gasteiger partial charge in [-0.25, -0.2) is 9.37 Å². The summed E-state index contributed by atoms with van der Waals surface area (Å²) in [7, 11) is 0. The number of pyridine rings is 1. The fourth-order valence-corrected chi connectivity index (χ4v) is 3.77. The molecule has 0 aliphatic carbocycles. The van der Waals surface area contributed by atoms with Crippen LogP contribution in [0, 0.1) is 12.7 Å². The van der Waals surface area contributed by atoms with Gasteiger partial charge in [0, 0.05) is 49.6 Å². The molecule has 0 fully saturated rings. The Balaban J connectivity index is 1.43. The molecule has 4 aromatic rings. The van der Waals surface area contributed by atoms with Crippen LogP contribution in [-0.4, -0.2) is 26.0 Å². The van der Waals surface area contributed by atoms with Crippen molar-refractivity contribution in [1.82, 2.24) is 19.4 Å². The average Bonchev–Trinajstić information content (AvgIpc) is 3.27. The molecule has 1 aliphatic heterocycles. The molecule has 3 aromatic heterocycles. The number of aromatic nitrogens is 3. The van der Waals surface area contributed by atoms with E-state index in [-0.39, 0.29) is 5.82 Å². The lowest BCUT2D eigenvalue weighted by molar-refractivity contribution is 0.226. The van der Waals surface area contributed by atoms with Crippen molar-refractivity contribution in [3.63, 3.8) is 0 Å². The lowest BCUT2D eigenvalue weighted by Crippen LogP contribution is -2.29. The van der Waals surface area contributed by atoms with E-state index in [4.69, 9.17) is 9.51 Å². The highest BCUT2D eigenvalue weighted by atomic mass is 19.1. The lowest BCUT2D eigenvalue weighted by Gasteiger charge is -2.25. The summed E-state index contributed by atoms with van der Waals surface area (Å²) in [4.78, 5) is 7.07. The summed E-state index contributed by atoms with van der Waals surface area (Å²) in [6.07, 6.45) is 4.86. The molecule has 4 heterocycles. The molecule has 0 atom stereocenters. The molecule has 0 spiro atoms. The monoisotopic (exact) mass is 362 g/mol. The first-order chi connectivity index (χ1) is 13.2. The Bertz CT molecular complexity index is 1130. The number of hydrogen-bond donors (Lipinski definition) is 0. The fraction of sp³-hybridized carbons (Fsp3) is 0.238. The number of hydrogen-bond acceptors (Lipinski definition) is 4. The molecule has 0 N–H and O–H groups in total. The molecule has 6 heteroatoms. The van der Waals surface area contributed by atoms with Crippen molar-refractivity contribution in [1.29, 1.82) is 0 Å². The predicted octanol–water partition coefficient (Wildman–Crippen LogP) is 4.00. The summed E-state index contributed by atoms with van der Waals surface area (Å²) in [5.74, 6) is 0.580. The van der Waals surface area contributed by atoms with Gasteiger partial charge in [-0.2, -0.15) is 0 Å². The summed E-state index contributed by atoms with van der Waals surface area (Å²) in [5, 5.41) is 4.16. The highest BCUT2D eigenvalue weighted by Crippen LogP contribution is 2.31. The van der Waals surface area contributed by atoms with Crippen LogP contribution in [0.5, 0.6) is 0 Å². The molecule has 0 saturated carbocycles. The Hall–Kier alpha value is -2.99. The highest BCUT2D eigenvalue weighted by Gasteiger charge is 2.26. The van der Waals surface area contributed by atoms with Gasteiger partial charge in [0.2, 0.25) is 0 Å². The number of fused-ring (bicyclic) bond motifs is 2. The van der Waals surface area contributed by atoms with E-state index in [2.05, 4.69) is 33.6 Å². The molecule has 0 amide bonds. The van der Waals surface area contributed by atoms with Gasteiger partial charge < -0.3 is 8.92 Å². The van der Waals surface area contributed by atoms with Gasteiger partial charge in [0.25, 0.3) is 0 Å². The molecular weight excluding hydrogens is 343 g/mol. The van der Waals surface area contributed by atoms with Gasteiger partial charge in [-0.1, -0.05) is 23.4 Å². The summed E-state index contributed by atoms with van der Waals surface area (Å²) >= 11 is 0. The number of halogens is 1. The van der Waals surface area contributed by atoms with Crippen molar-refractivity contribution in [2.75, 3.05) is 6.54 Å². The minimum Gasteiger partial charge on any atom is -0.360 e. The van der Waals surface area contributed by atoms with Gasteiger partial charge >= 0.3 is 0 Å². The Morgan fingerprint density at radius 3 is 2.93 bits per heavy atom. The molecule has 27 heavy (non-hydrogen) atoms. The maximum Gasteiger partial charge on any atom is 0.143 e. The van der Waals surface area contributed by atoms with Crippen LogP contribution < -0.4 is 0 Å². The minimum absolute atomic E-state index is 0.276. The Kier molecular flexibility index (Phi) is 3.79. The van der Waals surface area contributed by atoms with Gasteiger partial charge in [-0.3, -0.25) is 4.90 Å². The van der Waals surface area contributed by atoms with E-state index in [1.165, 1.54) is 6.07 Å².